The lowest BCUT2D eigenvalue weighted by Crippen LogP contribution is -2.45. The zero-order valence-corrected chi connectivity index (χ0v) is 24.8. The maximum absolute atomic E-state index is 13.1. The Morgan fingerprint density at radius 1 is 1.00 bits per heavy atom. The zero-order chi connectivity index (χ0) is 30.1. The Kier molecular flexibility index (Phi) is 8.54. The van der Waals surface area contributed by atoms with Crippen LogP contribution in [0.5, 0.6) is 0 Å². The third-order valence-corrected chi connectivity index (χ3v) is 8.53. The molecule has 1 amide bonds. The smallest absolute Gasteiger partial charge is 0.416 e. The van der Waals surface area contributed by atoms with E-state index in [1.165, 1.54) is 12.1 Å². The number of amides is 1. The van der Waals surface area contributed by atoms with Crippen LogP contribution in [-0.4, -0.2) is 33.4 Å². The highest BCUT2D eigenvalue weighted by molar-refractivity contribution is 9.10. The Morgan fingerprint density at radius 2 is 1.62 bits per heavy atom. The second-order valence-electron chi connectivity index (χ2n) is 10.1. The van der Waals surface area contributed by atoms with Gasteiger partial charge < -0.3 is 4.74 Å². The quantitative estimate of drug-likeness (QED) is 0.234. The number of nitrogens with zero attached hydrogens (tertiary/aromatic N) is 3. The predicted octanol–water partition coefficient (Wildman–Crippen LogP) is 7.35. The predicted molar refractivity (Wildman–Crippen MR) is 158 cm³/mol. The molecule has 3 aromatic carbocycles. The molecule has 1 aliphatic heterocycles. The zero-order valence-electron chi connectivity index (χ0n) is 22.5. The molecule has 0 atom stereocenters. The van der Waals surface area contributed by atoms with Crippen molar-refractivity contribution in [2.75, 3.05) is 18.4 Å². The molecule has 1 saturated heterocycles. The number of rotatable bonds is 6. The van der Waals surface area contributed by atoms with Gasteiger partial charge in [-0.05, 0) is 70.0 Å². The third-order valence-electron chi connectivity index (χ3n) is 7.48. The molecule has 220 valence electrons. The first-order valence-electron chi connectivity index (χ1n) is 13.1. The molecule has 12 heteroatoms. The molecule has 0 spiro atoms. The fraction of sp³-hybridized carbons (Fsp3) is 0.267. The molecule has 0 aliphatic carbocycles. The van der Waals surface area contributed by atoms with E-state index in [1.807, 2.05) is 54.2 Å². The molecule has 42 heavy (non-hydrogen) atoms. The molecule has 0 saturated carbocycles. The molecular formula is C30H27BrClF3N4O3. The number of aromatic nitrogens is 2. The first-order chi connectivity index (χ1) is 20.0. The van der Waals surface area contributed by atoms with Gasteiger partial charge in [-0.1, -0.05) is 41.9 Å². The van der Waals surface area contributed by atoms with Crippen molar-refractivity contribution in [1.82, 2.24) is 14.3 Å². The number of para-hydroxylation sites is 1. The van der Waals surface area contributed by atoms with Crippen molar-refractivity contribution in [3.05, 3.63) is 116 Å². The van der Waals surface area contributed by atoms with E-state index in [9.17, 15) is 22.8 Å². The van der Waals surface area contributed by atoms with E-state index < -0.39 is 23.4 Å². The van der Waals surface area contributed by atoms with Gasteiger partial charge in [0.05, 0.1) is 16.9 Å². The average molecular weight is 664 g/mol. The summed E-state index contributed by atoms with van der Waals surface area (Å²) in [6, 6.07) is 20.6. The molecule has 5 rings (SSSR count). The molecule has 1 aliphatic rings. The molecular weight excluding hydrogens is 637 g/mol. The van der Waals surface area contributed by atoms with Gasteiger partial charge in [-0.2, -0.15) is 13.2 Å². The van der Waals surface area contributed by atoms with Crippen LogP contribution in [0.25, 0.3) is 5.69 Å². The molecule has 1 N–H and O–H groups in total. The highest BCUT2D eigenvalue weighted by Gasteiger charge is 2.40. The van der Waals surface area contributed by atoms with Gasteiger partial charge in [0.25, 0.3) is 5.56 Å². The van der Waals surface area contributed by atoms with Crippen molar-refractivity contribution >= 4 is 39.3 Å². The maximum Gasteiger partial charge on any atom is 0.416 e. The fourth-order valence-electron chi connectivity index (χ4n) is 5.20. The van der Waals surface area contributed by atoms with Crippen molar-refractivity contribution in [3.8, 4) is 5.69 Å². The molecule has 4 aromatic rings. The van der Waals surface area contributed by atoms with Crippen LogP contribution in [-0.2, 0) is 30.1 Å². The SMILES string of the molecule is Cn1c(CN2CCC(OC(=O)Nc3ccc(C(F)(F)F)cc3)(c3ccc(Cl)cc3)CC2)c(Br)c(=O)n1-c1ccccc1. The van der Waals surface area contributed by atoms with Crippen LogP contribution in [0.4, 0.5) is 23.7 Å². The minimum absolute atomic E-state index is 0.158. The van der Waals surface area contributed by atoms with Gasteiger partial charge in [0.15, 0.2) is 0 Å². The van der Waals surface area contributed by atoms with Crippen molar-refractivity contribution in [2.24, 2.45) is 7.05 Å². The van der Waals surface area contributed by atoms with Crippen LogP contribution in [0.15, 0.2) is 88.1 Å². The number of nitrogens with one attached hydrogen (secondary N) is 1. The van der Waals surface area contributed by atoms with Crippen LogP contribution in [0, 0.1) is 0 Å². The summed E-state index contributed by atoms with van der Waals surface area (Å²) >= 11 is 9.60. The Labute approximate surface area is 253 Å². The number of benzene rings is 3. The van der Waals surface area contributed by atoms with E-state index >= 15 is 0 Å². The summed E-state index contributed by atoms with van der Waals surface area (Å²) in [4.78, 5) is 28.2. The molecule has 7 nitrogen and oxygen atoms in total. The Morgan fingerprint density at radius 3 is 2.21 bits per heavy atom. The summed E-state index contributed by atoms with van der Waals surface area (Å²) in [7, 11) is 1.84. The van der Waals surface area contributed by atoms with Crippen molar-refractivity contribution in [3.63, 3.8) is 0 Å². The summed E-state index contributed by atoms with van der Waals surface area (Å²) in [6.07, 6.45) is -4.36. The highest BCUT2D eigenvalue weighted by Crippen LogP contribution is 2.38. The molecule has 1 fully saturated rings. The topological polar surface area (TPSA) is 68.5 Å². The van der Waals surface area contributed by atoms with E-state index in [-0.39, 0.29) is 11.2 Å². The van der Waals surface area contributed by atoms with Gasteiger partial charge in [-0.15, -0.1) is 0 Å². The number of likely N-dealkylation sites (tertiary alicyclic amines) is 1. The summed E-state index contributed by atoms with van der Waals surface area (Å²) in [5.41, 5.74) is 0.553. The molecule has 0 bridgehead atoms. The van der Waals surface area contributed by atoms with Gasteiger partial charge in [0.1, 0.15) is 10.1 Å². The van der Waals surface area contributed by atoms with Gasteiger partial charge in [0, 0.05) is 50.2 Å². The molecule has 2 heterocycles. The fourth-order valence-corrected chi connectivity index (χ4v) is 5.87. The van der Waals surface area contributed by atoms with Crippen LogP contribution in [0.1, 0.15) is 29.7 Å². The van der Waals surface area contributed by atoms with Gasteiger partial charge in [-0.25, -0.2) is 9.48 Å². The summed E-state index contributed by atoms with van der Waals surface area (Å²) in [5, 5.41) is 3.09. The number of halogens is 5. The Hall–Kier alpha value is -3.54. The summed E-state index contributed by atoms with van der Waals surface area (Å²) in [5.74, 6) is 0. The van der Waals surface area contributed by atoms with Crippen molar-refractivity contribution < 1.29 is 22.7 Å². The van der Waals surface area contributed by atoms with E-state index in [0.717, 1.165) is 29.1 Å². The highest BCUT2D eigenvalue weighted by atomic mass is 79.9. The lowest BCUT2D eigenvalue weighted by atomic mass is 9.84. The number of carbonyl (C=O) groups is 1. The minimum atomic E-state index is -4.47. The van der Waals surface area contributed by atoms with Crippen molar-refractivity contribution in [2.45, 2.75) is 31.2 Å². The minimum Gasteiger partial charge on any atom is -0.438 e. The maximum atomic E-state index is 13.1. The molecule has 1 aromatic heterocycles. The number of hydrogen-bond donors (Lipinski definition) is 1. The largest absolute Gasteiger partial charge is 0.438 e. The van der Waals surface area contributed by atoms with Crippen LogP contribution < -0.4 is 10.9 Å². The van der Waals surface area contributed by atoms with Crippen molar-refractivity contribution in [1.29, 1.82) is 0 Å². The van der Waals surface area contributed by atoms with Gasteiger partial charge >= 0.3 is 12.3 Å². The number of ether oxygens (including phenoxy) is 1. The number of alkyl halides is 3. The van der Waals surface area contributed by atoms with E-state index in [2.05, 4.69) is 26.1 Å². The van der Waals surface area contributed by atoms with Crippen LogP contribution in [0.2, 0.25) is 5.02 Å². The Bertz CT molecular complexity index is 1610. The lowest BCUT2D eigenvalue weighted by Gasteiger charge is -2.41. The third kappa shape index (κ3) is 6.28. The number of hydrogen-bond acceptors (Lipinski definition) is 4. The second-order valence-corrected chi connectivity index (χ2v) is 11.3. The summed E-state index contributed by atoms with van der Waals surface area (Å²) < 4.78 is 48.7. The second kappa shape index (κ2) is 12.0. The number of carbonyl (C=O) groups excluding carboxylic acids is 1. The summed E-state index contributed by atoms with van der Waals surface area (Å²) in [6.45, 7) is 1.58. The molecule has 0 radical (unpaired) electrons. The average Bonchev–Trinajstić information content (AvgIpc) is 3.17. The first kappa shape index (κ1) is 29.9. The normalized spacial score (nSPS) is 15.4. The molecule has 0 unspecified atom stereocenters. The monoisotopic (exact) mass is 662 g/mol. The van der Waals surface area contributed by atoms with E-state index in [0.29, 0.717) is 42.0 Å². The number of piperidine rings is 1. The van der Waals surface area contributed by atoms with E-state index in [4.69, 9.17) is 16.3 Å². The number of anilines is 1. The van der Waals surface area contributed by atoms with Gasteiger partial charge in [0.2, 0.25) is 0 Å². The van der Waals surface area contributed by atoms with E-state index in [1.54, 1.807) is 16.8 Å². The van der Waals surface area contributed by atoms with Crippen LogP contribution >= 0.6 is 27.5 Å². The standard InChI is InChI=1S/C30H27BrClF3N4O3/c1-37-25(26(31)27(40)39(37)24-5-3-2-4-6-24)19-38-17-15-29(16-18-38,20-7-11-22(32)12-8-20)42-28(41)36-23-13-9-21(10-14-23)30(33,34)35/h2-14H,15-19H2,1H3,(H,36,41). The Balaban J connectivity index is 1.33. The van der Waals surface area contributed by atoms with Crippen LogP contribution in [0.3, 0.4) is 0 Å². The lowest BCUT2D eigenvalue weighted by molar-refractivity contribution is -0.137. The van der Waals surface area contributed by atoms with Gasteiger partial charge in [-0.3, -0.25) is 19.7 Å². The first-order valence-corrected chi connectivity index (χ1v) is 14.3.